The molecule has 2 aromatic carbocycles. The Balaban J connectivity index is 1.69. The summed E-state index contributed by atoms with van der Waals surface area (Å²) in [5, 5.41) is 6.23. The minimum Gasteiger partial charge on any atom is -0.353 e. The largest absolute Gasteiger partial charge is 0.353 e. The van der Waals surface area contributed by atoms with Crippen molar-refractivity contribution in [3.05, 3.63) is 65.7 Å². The lowest BCUT2D eigenvalue weighted by Crippen LogP contribution is -2.47. The number of benzene rings is 2. The zero-order valence-corrected chi connectivity index (χ0v) is 19.1. The molecule has 0 aromatic heterocycles. The highest BCUT2D eigenvalue weighted by molar-refractivity contribution is 5.95. The van der Waals surface area contributed by atoms with Crippen LogP contribution in [0.4, 0.5) is 5.69 Å². The molecule has 0 aliphatic carbocycles. The van der Waals surface area contributed by atoms with Gasteiger partial charge in [-0.3, -0.25) is 14.5 Å². The summed E-state index contributed by atoms with van der Waals surface area (Å²) < 4.78 is 0. The fourth-order valence-electron chi connectivity index (χ4n) is 3.94. The van der Waals surface area contributed by atoms with E-state index in [1.54, 1.807) is 0 Å². The molecule has 31 heavy (non-hydrogen) atoms. The van der Waals surface area contributed by atoms with Crippen molar-refractivity contribution in [2.24, 2.45) is 11.8 Å². The average molecular weight is 422 g/mol. The molecular weight excluding hydrogens is 386 g/mol. The van der Waals surface area contributed by atoms with E-state index in [1.165, 1.54) is 0 Å². The monoisotopic (exact) mass is 421 g/mol. The molecule has 5 nitrogen and oxygen atoms in total. The van der Waals surface area contributed by atoms with Crippen LogP contribution in [0.25, 0.3) is 0 Å². The minimum absolute atomic E-state index is 0.00836. The van der Waals surface area contributed by atoms with Crippen molar-refractivity contribution in [1.29, 1.82) is 0 Å². The van der Waals surface area contributed by atoms with Crippen molar-refractivity contribution < 1.29 is 9.59 Å². The molecule has 0 radical (unpaired) electrons. The number of carbonyl (C=O) groups is 2. The summed E-state index contributed by atoms with van der Waals surface area (Å²) in [6.45, 7) is 9.75. The van der Waals surface area contributed by atoms with Crippen molar-refractivity contribution in [1.82, 2.24) is 10.2 Å². The highest BCUT2D eigenvalue weighted by Gasteiger charge is 2.33. The Morgan fingerprint density at radius 1 is 0.935 bits per heavy atom. The number of anilines is 1. The standard InChI is InChI=1S/C26H35N3O2/c1-18(2)20(4)27-25(30)22-14-16-29(17-15-22)24(21-8-6-5-7-9-21)26(31)28-23-12-10-19(3)11-13-23/h5-13,18,20,22,24H,14-17H2,1-4H3,(H,27,30)(H,28,31)/t20-,24-/m1/s1. The Morgan fingerprint density at radius 2 is 1.55 bits per heavy atom. The third kappa shape index (κ3) is 6.17. The maximum atomic E-state index is 13.3. The number of nitrogens with one attached hydrogen (secondary N) is 2. The van der Waals surface area contributed by atoms with Gasteiger partial charge < -0.3 is 10.6 Å². The van der Waals surface area contributed by atoms with E-state index >= 15 is 0 Å². The van der Waals surface area contributed by atoms with Gasteiger partial charge in [0.15, 0.2) is 0 Å². The number of likely N-dealkylation sites (tertiary alicyclic amines) is 1. The average Bonchev–Trinajstić information content (AvgIpc) is 2.76. The highest BCUT2D eigenvalue weighted by atomic mass is 16.2. The molecular formula is C26H35N3O2. The first-order valence-electron chi connectivity index (χ1n) is 11.3. The van der Waals surface area contributed by atoms with Crippen molar-refractivity contribution in [3.8, 4) is 0 Å². The second-order valence-corrected chi connectivity index (χ2v) is 9.02. The maximum absolute atomic E-state index is 13.3. The molecule has 3 rings (SSSR count). The van der Waals surface area contributed by atoms with Gasteiger partial charge in [0.2, 0.25) is 11.8 Å². The molecule has 2 amide bonds. The van der Waals surface area contributed by atoms with E-state index in [0.717, 1.165) is 42.7 Å². The fourth-order valence-corrected chi connectivity index (χ4v) is 3.94. The number of aryl methyl sites for hydroxylation is 1. The molecule has 0 spiro atoms. The molecule has 0 unspecified atom stereocenters. The molecule has 1 aliphatic heterocycles. The van der Waals surface area contributed by atoms with Crippen molar-refractivity contribution in [3.63, 3.8) is 0 Å². The summed E-state index contributed by atoms with van der Waals surface area (Å²) >= 11 is 0. The number of rotatable bonds is 7. The van der Waals surface area contributed by atoms with Crippen molar-refractivity contribution >= 4 is 17.5 Å². The lowest BCUT2D eigenvalue weighted by atomic mass is 9.92. The molecule has 5 heteroatoms. The number of hydrogen-bond donors (Lipinski definition) is 2. The van der Waals surface area contributed by atoms with Gasteiger partial charge in [-0.15, -0.1) is 0 Å². The van der Waals surface area contributed by atoms with Crippen LogP contribution in [0.3, 0.4) is 0 Å². The van der Waals surface area contributed by atoms with E-state index in [-0.39, 0.29) is 29.8 Å². The summed E-state index contributed by atoms with van der Waals surface area (Å²) in [7, 11) is 0. The number of carbonyl (C=O) groups excluding carboxylic acids is 2. The highest BCUT2D eigenvalue weighted by Crippen LogP contribution is 2.28. The van der Waals surface area contributed by atoms with Gasteiger partial charge in [-0.25, -0.2) is 0 Å². The Kier molecular flexibility index (Phi) is 7.85. The summed E-state index contributed by atoms with van der Waals surface area (Å²) in [6, 6.07) is 17.6. The molecule has 1 fully saturated rings. The van der Waals surface area contributed by atoms with E-state index in [1.807, 2.05) is 61.5 Å². The number of hydrogen-bond acceptors (Lipinski definition) is 3. The predicted molar refractivity (Wildman–Crippen MR) is 126 cm³/mol. The van der Waals surface area contributed by atoms with Gasteiger partial charge in [0.1, 0.15) is 6.04 Å². The zero-order chi connectivity index (χ0) is 22.4. The van der Waals surface area contributed by atoms with E-state index in [0.29, 0.717) is 5.92 Å². The van der Waals surface area contributed by atoms with Crippen LogP contribution < -0.4 is 10.6 Å². The van der Waals surface area contributed by atoms with Gasteiger partial charge in [-0.2, -0.15) is 0 Å². The van der Waals surface area contributed by atoms with E-state index in [2.05, 4.69) is 36.3 Å². The normalized spacial score (nSPS) is 17.2. The van der Waals surface area contributed by atoms with Gasteiger partial charge in [0.25, 0.3) is 0 Å². The van der Waals surface area contributed by atoms with Crippen LogP contribution in [-0.4, -0.2) is 35.8 Å². The molecule has 1 heterocycles. The Bertz CT molecular complexity index is 856. The first-order valence-corrected chi connectivity index (χ1v) is 11.3. The third-order valence-electron chi connectivity index (χ3n) is 6.32. The summed E-state index contributed by atoms with van der Waals surface area (Å²) in [6.07, 6.45) is 1.52. The maximum Gasteiger partial charge on any atom is 0.246 e. The van der Waals surface area contributed by atoms with Gasteiger partial charge in [0.05, 0.1) is 0 Å². The molecule has 0 bridgehead atoms. The van der Waals surface area contributed by atoms with Crippen LogP contribution in [0.5, 0.6) is 0 Å². The lowest BCUT2D eigenvalue weighted by molar-refractivity contribution is -0.128. The zero-order valence-electron chi connectivity index (χ0n) is 19.1. The number of nitrogens with zero attached hydrogens (tertiary/aromatic N) is 1. The molecule has 1 aliphatic rings. The Labute approximate surface area is 186 Å². The topological polar surface area (TPSA) is 61.4 Å². The molecule has 1 saturated heterocycles. The van der Waals surface area contributed by atoms with Crippen LogP contribution in [0, 0.1) is 18.8 Å². The van der Waals surface area contributed by atoms with Gasteiger partial charge >= 0.3 is 0 Å². The van der Waals surface area contributed by atoms with Crippen LogP contribution in [0.1, 0.15) is 50.8 Å². The first-order chi connectivity index (χ1) is 14.8. The molecule has 2 N–H and O–H groups in total. The Hall–Kier alpha value is -2.66. The van der Waals surface area contributed by atoms with Crippen LogP contribution in [0.2, 0.25) is 0 Å². The fraction of sp³-hybridized carbons (Fsp3) is 0.462. The molecule has 2 aromatic rings. The quantitative estimate of drug-likeness (QED) is 0.690. The van der Waals surface area contributed by atoms with Gasteiger partial charge in [0, 0.05) is 17.6 Å². The second-order valence-electron chi connectivity index (χ2n) is 9.02. The summed E-state index contributed by atoms with van der Waals surface area (Å²) in [4.78, 5) is 28.2. The number of piperidine rings is 1. The van der Waals surface area contributed by atoms with E-state index < -0.39 is 0 Å². The smallest absolute Gasteiger partial charge is 0.246 e. The van der Waals surface area contributed by atoms with Gasteiger partial charge in [-0.1, -0.05) is 61.9 Å². The molecule has 0 saturated carbocycles. The minimum atomic E-state index is -0.374. The number of amides is 2. The first kappa shape index (κ1) is 23.0. The SMILES string of the molecule is Cc1ccc(NC(=O)[C@@H](c2ccccc2)N2CCC(C(=O)N[C@H](C)C(C)C)CC2)cc1. The van der Waals surface area contributed by atoms with Crippen molar-refractivity contribution in [2.45, 2.75) is 52.6 Å². The van der Waals surface area contributed by atoms with E-state index in [4.69, 9.17) is 0 Å². The van der Waals surface area contributed by atoms with Crippen LogP contribution in [0.15, 0.2) is 54.6 Å². The third-order valence-corrected chi connectivity index (χ3v) is 6.32. The Morgan fingerprint density at radius 3 is 2.13 bits per heavy atom. The van der Waals surface area contributed by atoms with Crippen LogP contribution in [-0.2, 0) is 9.59 Å². The molecule has 2 atom stereocenters. The molecule has 166 valence electrons. The van der Waals surface area contributed by atoms with Crippen LogP contribution >= 0.6 is 0 Å². The second kappa shape index (κ2) is 10.6. The summed E-state index contributed by atoms with van der Waals surface area (Å²) in [5.74, 6) is 0.526. The van der Waals surface area contributed by atoms with Crippen molar-refractivity contribution in [2.75, 3.05) is 18.4 Å². The summed E-state index contributed by atoms with van der Waals surface area (Å²) in [5.41, 5.74) is 2.93. The lowest BCUT2D eigenvalue weighted by Gasteiger charge is -2.37. The predicted octanol–water partition coefficient (Wildman–Crippen LogP) is 4.55. The van der Waals surface area contributed by atoms with E-state index in [9.17, 15) is 9.59 Å². The van der Waals surface area contributed by atoms with Gasteiger partial charge in [-0.05, 0) is 63.4 Å².